The lowest BCUT2D eigenvalue weighted by atomic mass is 9.89. The van der Waals surface area contributed by atoms with Crippen molar-refractivity contribution in [2.75, 3.05) is 14.2 Å². The molecule has 4 aliphatic carbocycles. The number of nitrogens with zero attached hydrogens (tertiary/aromatic N) is 8. The highest BCUT2D eigenvalue weighted by Gasteiger charge is 2.30. The van der Waals surface area contributed by atoms with Crippen LogP contribution >= 0.6 is 0 Å². The van der Waals surface area contributed by atoms with Gasteiger partial charge in [0.05, 0.1) is 36.5 Å². The van der Waals surface area contributed by atoms with Gasteiger partial charge in [-0.1, -0.05) is 99.9 Å². The van der Waals surface area contributed by atoms with Crippen LogP contribution in [0.4, 0.5) is 0 Å². The van der Waals surface area contributed by atoms with E-state index in [1.165, 1.54) is 50.6 Å². The van der Waals surface area contributed by atoms with Crippen LogP contribution in [0.25, 0.3) is 33.4 Å². The summed E-state index contributed by atoms with van der Waals surface area (Å²) in [7, 11) is 2.43. The Morgan fingerprint density at radius 1 is 0.426 bits per heavy atom. The number of carbonyl (C=O) groups is 2. The van der Waals surface area contributed by atoms with Crippen molar-refractivity contribution >= 4 is 23.1 Å². The highest BCUT2D eigenvalue weighted by molar-refractivity contribution is 6.08. The molecule has 0 bridgehead atoms. The maximum atomic E-state index is 13.1. The summed E-state index contributed by atoms with van der Waals surface area (Å²) >= 11 is 0. The third kappa shape index (κ3) is 9.85. The summed E-state index contributed by atoms with van der Waals surface area (Å²) in [5.41, 5.74) is 2.01. The summed E-state index contributed by atoms with van der Waals surface area (Å²) in [4.78, 5) is 26.3. The lowest BCUT2D eigenvalue weighted by Crippen LogP contribution is -2.00. The van der Waals surface area contributed by atoms with Crippen LogP contribution in [0.15, 0.2) is 118 Å². The van der Waals surface area contributed by atoms with E-state index in [0.717, 1.165) is 11.1 Å². The molecule has 68 heavy (non-hydrogen) atoms. The first-order valence-corrected chi connectivity index (χ1v) is 20.4. The minimum atomic E-state index is -0.694. The molecule has 0 radical (unpaired) electrons. The smallest absolute Gasteiger partial charge is 0.338 e. The Morgan fingerprint density at radius 2 is 0.750 bits per heavy atom. The SMILES string of the molecule is COC(=O)c1cc(C(=C(C#N)C#N)C(C#Cc2ccc(C#CC(=C(C#N)C#N)C(=C(C#N)C#N)c3cc(C(=O)OC)c4cc(C(C)C)cccc3-4)cc2)=C(C#N)C#N)c2cccc(C(C)C)cc1-2. The minimum absolute atomic E-state index is 0.0532. The van der Waals surface area contributed by atoms with E-state index in [1.54, 1.807) is 36.4 Å². The Labute approximate surface area is 393 Å². The summed E-state index contributed by atoms with van der Waals surface area (Å²) in [5.74, 6) is 10.2. The van der Waals surface area contributed by atoms with Crippen molar-refractivity contribution < 1.29 is 19.1 Å². The van der Waals surface area contributed by atoms with Gasteiger partial charge in [-0.25, -0.2) is 9.59 Å². The van der Waals surface area contributed by atoms with Crippen LogP contribution in [-0.2, 0) is 9.47 Å². The Kier molecular flexibility index (Phi) is 15.6. The van der Waals surface area contributed by atoms with Crippen molar-refractivity contribution in [2.45, 2.75) is 39.5 Å². The lowest BCUT2D eigenvalue weighted by Gasteiger charge is -2.09. The van der Waals surface area contributed by atoms with E-state index >= 15 is 0 Å². The number of nitriles is 8. The fraction of sp³-hybridized carbons (Fsp3) is 0.143. The molecule has 0 fully saturated rings. The molecule has 12 heteroatoms. The predicted octanol–water partition coefficient (Wildman–Crippen LogP) is 10.1. The highest BCUT2D eigenvalue weighted by atomic mass is 16.5. The molecule has 5 rings (SSSR count). The van der Waals surface area contributed by atoms with Crippen LogP contribution in [0.1, 0.15) is 93.6 Å². The predicted molar refractivity (Wildman–Crippen MR) is 250 cm³/mol. The van der Waals surface area contributed by atoms with Gasteiger partial charge >= 0.3 is 11.9 Å². The van der Waals surface area contributed by atoms with Crippen molar-refractivity contribution in [1.82, 2.24) is 0 Å². The van der Waals surface area contributed by atoms with Crippen LogP contribution in [0, 0.1) is 114 Å². The average Bonchev–Trinajstić information content (AvgIpc) is 3.66. The third-order valence-electron chi connectivity index (χ3n) is 10.7. The second-order valence-electron chi connectivity index (χ2n) is 15.2. The number of allylic oxidation sites excluding steroid dienone is 8. The van der Waals surface area contributed by atoms with Crippen molar-refractivity contribution in [1.29, 1.82) is 42.1 Å². The molecule has 1 aromatic rings. The summed E-state index contributed by atoms with van der Waals surface area (Å²) in [6.45, 7) is 7.89. The van der Waals surface area contributed by atoms with E-state index in [2.05, 4.69) is 23.7 Å². The highest BCUT2D eigenvalue weighted by Crippen LogP contribution is 2.43. The van der Waals surface area contributed by atoms with Crippen molar-refractivity contribution in [3.63, 3.8) is 0 Å². The zero-order valence-corrected chi connectivity index (χ0v) is 37.4. The largest absolute Gasteiger partial charge is 0.465 e. The molecule has 0 spiro atoms. The Morgan fingerprint density at radius 3 is 1.03 bits per heavy atom. The first-order valence-electron chi connectivity index (χ1n) is 20.4. The van der Waals surface area contributed by atoms with Crippen LogP contribution in [-0.4, -0.2) is 26.2 Å². The van der Waals surface area contributed by atoms with Crippen LogP contribution in [0.5, 0.6) is 0 Å². The maximum absolute atomic E-state index is 13.1. The Bertz CT molecular complexity index is 3210. The van der Waals surface area contributed by atoms with E-state index < -0.39 is 34.2 Å². The van der Waals surface area contributed by atoms with E-state index in [9.17, 15) is 51.7 Å². The molecule has 1 aromatic carbocycles. The van der Waals surface area contributed by atoms with E-state index in [0.29, 0.717) is 33.4 Å². The van der Waals surface area contributed by atoms with Crippen LogP contribution in [0.2, 0.25) is 0 Å². The monoisotopic (exact) mass is 882 g/mol. The number of methoxy groups -OCH3 is 2. The van der Waals surface area contributed by atoms with Gasteiger partial charge in [-0.2, -0.15) is 42.1 Å². The molecular weight excluding hydrogens is 849 g/mol. The van der Waals surface area contributed by atoms with E-state index in [-0.39, 0.29) is 56.4 Å². The molecule has 0 amide bonds. The number of hydrogen-bond acceptors (Lipinski definition) is 12. The van der Waals surface area contributed by atoms with Crippen LogP contribution < -0.4 is 0 Å². The molecule has 322 valence electrons. The number of carbonyl (C=O) groups excluding carboxylic acids is 2. The van der Waals surface area contributed by atoms with Crippen molar-refractivity contribution in [2.24, 2.45) is 0 Å². The van der Waals surface area contributed by atoms with Crippen LogP contribution in [0.3, 0.4) is 0 Å². The first-order chi connectivity index (χ1) is 32.8. The number of fused-ring (bicyclic) bond motifs is 2. The molecular formula is C56H34N8O4. The minimum Gasteiger partial charge on any atom is -0.465 e. The average molecular weight is 883 g/mol. The molecule has 0 aliphatic heterocycles. The van der Waals surface area contributed by atoms with Gasteiger partial charge in [-0.05, 0) is 92.7 Å². The molecule has 0 aromatic heterocycles. The van der Waals surface area contributed by atoms with E-state index in [1.807, 2.05) is 88.4 Å². The maximum Gasteiger partial charge on any atom is 0.338 e. The number of esters is 2. The first kappa shape index (κ1) is 48.6. The topological polar surface area (TPSA) is 243 Å². The quantitative estimate of drug-likeness (QED) is 0.0611. The van der Waals surface area contributed by atoms with Gasteiger partial charge in [0.15, 0.2) is 0 Å². The number of benzene rings is 1. The molecule has 4 aliphatic rings. The lowest BCUT2D eigenvalue weighted by molar-refractivity contribution is 0.0593. The van der Waals surface area contributed by atoms with Crippen molar-refractivity contribution in [3.05, 3.63) is 163 Å². The summed E-state index contributed by atoms with van der Waals surface area (Å²) in [5, 5.41) is 81.4. The fourth-order valence-corrected chi connectivity index (χ4v) is 7.22. The molecule has 0 N–H and O–H groups in total. The normalized spacial score (nSPS) is 9.65. The Balaban J connectivity index is 1.69. The van der Waals surface area contributed by atoms with Gasteiger partial charge < -0.3 is 9.47 Å². The van der Waals surface area contributed by atoms with Gasteiger partial charge in [0.25, 0.3) is 0 Å². The third-order valence-corrected chi connectivity index (χ3v) is 10.7. The molecule has 0 atom stereocenters. The van der Waals surface area contributed by atoms with Crippen molar-refractivity contribution in [3.8, 4) is 94.5 Å². The molecule has 12 nitrogen and oxygen atoms in total. The molecule has 0 saturated heterocycles. The standard InChI is InChI=1S/C56H34N8O4/c1-33(2)37-9-7-11-45-47(21-37)51(55(65)67-5)23-49(45)53(41(29-61)30-62)43(39(25-57)26-58)19-17-35-13-15-36(16-14-35)18-20-44(40(27-59)28-60)54(42(31-63)32-64)50-24-52(56(66)68-6)48-22-38(34(3)4)10-8-12-46(48)50/h7-16,21-24,33-34H,1-6H3. The van der Waals surface area contributed by atoms with Gasteiger partial charge in [0.1, 0.15) is 70.8 Å². The summed E-state index contributed by atoms with van der Waals surface area (Å²) < 4.78 is 10.2. The second-order valence-corrected chi connectivity index (χ2v) is 15.2. The van der Waals surface area contributed by atoms with Gasteiger partial charge in [0, 0.05) is 22.3 Å². The number of ether oxygens (including phenoxy) is 2. The van der Waals surface area contributed by atoms with Gasteiger partial charge in [-0.3, -0.25) is 0 Å². The van der Waals surface area contributed by atoms with Gasteiger partial charge in [-0.15, -0.1) is 0 Å². The molecule has 0 saturated carbocycles. The molecule has 0 heterocycles. The second kappa shape index (κ2) is 21.8. The van der Waals surface area contributed by atoms with Gasteiger partial charge in [0.2, 0.25) is 0 Å². The zero-order chi connectivity index (χ0) is 49.7. The fourth-order valence-electron chi connectivity index (χ4n) is 7.22. The molecule has 0 unspecified atom stereocenters. The summed E-state index contributed by atoms with van der Waals surface area (Å²) in [6.07, 6.45) is 0. The zero-order valence-electron chi connectivity index (χ0n) is 37.4. The Hall–Kier alpha value is -10.4. The number of rotatable bonds is 8. The summed E-state index contributed by atoms with van der Waals surface area (Å²) in [6, 6.07) is 37.9. The number of hydrogen-bond donors (Lipinski definition) is 0. The van der Waals surface area contributed by atoms with E-state index in [4.69, 9.17) is 9.47 Å².